The van der Waals surface area contributed by atoms with Crippen molar-refractivity contribution in [3.05, 3.63) is 16.5 Å². The van der Waals surface area contributed by atoms with E-state index in [1.54, 1.807) is 0 Å². The molecule has 0 radical (unpaired) electrons. The van der Waals surface area contributed by atoms with Crippen LogP contribution >= 0.6 is 11.3 Å². The molecule has 3 heterocycles. The maximum Gasteiger partial charge on any atom is 0.391 e. The third-order valence-corrected chi connectivity index (χ3v) is 7.56. The standard InChI is InChI=1S/C20H27F3N4O2S/c1-12-24-15(10-27-8-6-19(29,11-28)7-9-27)16-18(25-12)30-17(26-16)13-2-4-14(5-3-13)20(21,22)23/h13-14,28-29H,2-11H2,1H3/t13-,14-. The first-order valence-electron chi connectivity index (χ1n) is 10.4. The van der Waals surface area contributed by atoms with E-state index in [-0.39, 0.29) is 25.4 Å². The van der Waals surface area contributed by atoms with Crippen LogP contribution in [0, 0.1) is 12.8 Å². The second kappa shape index (κ2) is 8.29. The molecule has 0 bridgehead atoms. The number of hydrogen-bond acceptors (Lipinski definition) is 7. The van der Waals surface area contributed by atoms with E-state index in [0.717, 1.165) is 21.0 Å². The van der Waals surface area contributed by atoms with E-state index >= 15 is 0 Å². The van der Waals surface area contributed by atoms with Crippen LogP contribution in [0.4, 0.5) is 13.2 Å². The lowest BCUT2D eigenvalue weighted by Crippen LogP contribution is -2.46. The summed E-state index contributed by atoms with van der Waals surface area (Å²) in [6, 6.07) is 0. The molecule has 0 atom stereocenters. The molecule has 0 aromatic carbocycles. The van der Waals surface area contributed by atoms with E-state index in [0.29, 0.717) is 51.1 Å². The zero-order valence-electron chi connectivity index (χ0n) is 17.0. The summed E-state index contributed by atoms with van der Waals surface area (Å²) in [6.07, 6.45) is -1.80. The summed E-state index contributed by atoms with van der Waals surface area (Å²) in [5.41, 5.74) is 0.552. The highest BCUT2D eigenvalue weighted by Gasteiger charge is 2.42. The number of nitrogens with zero attached hydrogens (tertiary/aromatic N) is 4. The maximum atomic E-state index is 13.0. The first-order valence-corrected chi connectivity index (χ1v) is 11.2. The normalized spacial score (nSPS) is 25.7. The quantitative estimate of drug-likeness (QED) is 0.751. The molecule has 0 spiro atoms. The van der Waals surface area contributed by atoms with Crippen molar-refractivity contribution in [1.29, 1.82) is 0 Å². The first-order chi connectivity index (χ1) is 14.2. The van der Waals surface area contributed by atoms with Gasteiger partial charge in [-0.25, -0.2) is 15.0 Å². The fraction of sp³-hybridized carbons (Fsp3) is 0.750. The van der Waals surface area contributed by atoms with Crippen LogP contribution in [0.2, 0.25) is 0 Å². The molecule has 10 heteroatoms. The number of piperidine rings is 1. The third kappa shape index (κ3) is 4.61. The molecule has 1 saturated heterocycles. The van der Waals surface area contributed by atoms with Gasteiger partial charge in [0.05, 0.1) is 28.8 Å². The molecular weight excluding hydrogens is 417 g/mol. The number of alkyl halides is 3. The molecule has 0 amide bonds. The van der Waals surface area contributed by atoms with Gasteiger partial charge in [0.25, 0.3) is 0 Å². The highest BCUT2D eigenvalue weighted by Crippen LogP contribution is 2.44. The molecule has 0 unspecified atom stereocenters. The first kappa shape index (κ1) is 21.9. The van der Waals surface area contributed by atoms with Crippen LogP contribution in [0.3, 0.4) is 0 Å². The fourth-order valence-electron chi connectivity index (χ4n) is 4.46. The largest absolute Gasteiger partial charge is 0.393 e. The molecule has 1 saturated carbocycles. The van der Waals surface area contributed by atoms with Crippen molar-refractivity contribution in [1.82, 2.24) is 19.9 Å². The van der Waals surface area contributed by atoms with Crippen molar-refractivity contribution in [3.63, 3.8) is 0 Å². The minimum Gasteiger partial charge on any atom is -0.393 e. The number of fused-ring (bicyclic) bond motifs is 1. The minimum absolute atomic E-state index is 0.0468. The second-order valence-corrected chi connectivity index (χ2v) is 9.68. The van der Waals surface area contributed by atoms with Crippen LogP contribution in [-0.2, 0) is 6.54 Å². The third-order valence-electron chi connectivity index (χ3n) is 6.45. The van der Waals surface area contributed by atoms with Gasteiger partial charge in [0.1, 0.15) is 16.2 Å². The van der Waals surface area contributed by atoms with Gasteiger partial charge in [-0.3, -0.25) is 4.90 Å². The van der Waals surface area contributed by atoms with Crippen molar-refractivity contribution in [2.24, 2.45) is 5.92 Å². The SMILES string of the molecule is Cc1nc(CN2CCC(O)(CO)CC2)c2nc([C@H]3CC[C@H](C(F)(F)F)CC3)sc2n1. The Morgan fingerprint density at radius 2 is 1.77 bits per heavy atom. The lowest BCUT2D eigenvalue weighted by atomic mass is 9.82. The lowest BCUT2D eigenvalue weighted by Gasteiger charge is -2.36. The molecule has 1 aliphatic carbocycles. The summed E-state index contributed by atoms with van der Waals surface area (Å²) in [7, 11) is 0. The van der Waals surface area contributed by atoms with Gasteiger partial charge in [0.2, 0.25) is 0 Å². The molecule has 166 valence electrons. The number of likely N-dealkylation sites (tertiary alicyclic amines) is 1. The molecule has 2 aromatic rings. The topological polar surface area (TPSA) is 82.4 Å². The Morgan fingerprint density at radius 1 is 1.10 bits per heavy atom. The van der Waals surface area contributed by atoms with Crippen LogP contribution in [0.5, 0.6) is 0 Å². The maximum absolute atomic E-state index is 13.0. The molecule has 1 aliphatic heterocycles. The number of halogens is 3. The molecule has 2 fully saturated rings. The zero-order valence-corrected chi connectivity index (χ0v) is 17.8. The Kier molecular flexibility index (Phi) is 6.04. The Balaban J connectivity index is 1.50. The smallest absolute Gasteiger partial charge is 0.391 e. The van der Waals surface area contributed by atoms with E-state index in [2.05, 4.69) is 14.9 Å². The summed E-state index contributed by atoms with van der Waals surface area (Å²) in [6.45, 7) is 3.48. The molecular formula is C20H27F3N4O2S. The number of hydrogen-bond donors (Lipinski definition) is 2. The van der Waals surface area contributed by atoms with Crippen molar-refractivity contribution < 1.29 is 23.4 Å². The number of aryl methyl sites for hydroxylation is 1. The predicted molar refractivity (Wildman–Crippen MR) is 107 cm³/mol. The van der Waals surface area contributed by atoms with Gasteiger partial charge in [-0.2, -0.15) is 13.2 Å². The molecule has 6 nitrogen and oxygen atoms in total. The highest BCUT2D eigenvalue weighted by atomic mass is 32.1. The Bertz CT molecular complexity index is 888. The van der Waals surface area contributed by atoms with E-state index < -0.39 is 17.7 Å². The van der Waals surface area contributed by atoms with Crippen LogP contribution < -0.4 is 0 Å². The van der Waals surface area contributed by atoms with E-state index in [1.807, 2.05) is 6.92 Å². The van der Waals surface area contributed by atoms with Crippen molar-refractivity contribution in [2.75, 3.05) is 19.7 Å². The second-order valence-electron chi connectivity index (χ2n) is 8.67. The van der Waals surface area contributed by atoms with Gasteiger partial charge < -0.3 is 10.2 Å². The van der Waals surface area contributed by atoms with Gasteiger partial charge in [-0.05, 0) is 45.4 Å². The van der Waals surface area contributed by atoms with Crippen molar-refractivity contribution in [2.45, 2.75) is 69.7 Å². The monoisotopic (exact) mass is 444 g/mol. The van der Waals surface area contributed by atoms with Crippen LogP contribution in [-0.4, -0.2) is 61.5 Å². The fourth-order valence-corrected chi connectivity index (χ4v) is 5.64. The highest BCUT2D eigenvalue weighted by molar-refractivity contribution is 7.18. The summed E-state index contributed by atoms with van der Waals surface area (Å²) in [5, 5.41) is 20.4. The van der Waals surface area contributed by atoms with Crippen LogP contribution in [0.1, 0.15) is 61.0 Å². The van der Waals surface area contributed by atoms with E-state index in [4.69, 9.17) is 4.98 Å². The van der Waals surface area contributed by atoms with E-state index in [1.165, 1.54) is 11.3 Å². The summed E-state index contributed by atoms with van der Waals surface area (Å²) < 4.78 is 38.9. The van der Waals surface area contributed by atoms with Gasteiger partial charge in [0, 0.05) is 25.6 Å². The average Bonchev–Trinajstić information content (AvgIpc) is 3.13. The zero-order chi connectivity index (χ0) is 21.5. The molecule has 2 N–H and O–H groups in total. The Morgan fingerprint density at radius 3 is 2.37 bits per heavy atom. The number of rotatable bonds is 4. The van der Waals surface area contributed by atoms with Gasteiger partial charge in [-0.15, -0.1) is 0 Å². The molecule has 30 heavy (non-hydrogen) atoms. The molecule has 2 aliphatic rings. The lowest BCUT2D eigenvalue weighted by molar-refractivity contribution is -0.182. The predicted octanol–water partition coefficient (Wildman–Crippen LogP) is 3.55. The average molecular weight is 445 g/mol. The number of thiazole rings is 1. The summed E-state index contributed by atoms with van der Waals surface area (Å²) in [5.74, 6) is -0.500. The number of aliphatic hydroxyl groups excluding tert-OH is 1. The van der Waals surface area contributed by atoms with Crippen LogP contribution in [0.15, 0.2) is 0 Å². The molecule has 2 aromatic heterocycles. The van der Waals surface area contributed by atoms with Gasteiger partial charge >= 0.3 is 6.18 Å². The van der Waals surface area contributed by atoms with Gasteiger partial charge in [-0.1, -0.05) is 11.3 Å². The molecule has 4 rings (SSSR count). The van der Waals surface area contributed by atoms with E-state index in [9.17, 15) is 23.4 Å². The van der Waals surface area contributed by atoms with Crippen molar-refractivity contribution >= 4 is 21.7 Å². The van der Waals surface area contributed by atoms with Crippen molar-refractivity contribution in [3.8, 4) is 0 Å². The van der Waals surface area contributed by atoms with Crippen LogP contribution in [0.25, 0.3) is 10.3 Å². The Hall–Kier alpha value is -1.36. The Labute approximate surface area is 177 Å². The van der Waals surface area contributed by atoms with Gasteiger partial charge in [0.15, 0.2) is 0 Å². The minimum atomic E-state index is -4.11. The number of aromatic nitrogens is 3. The summed E-state index contributed by atoms with van der Waals surface area (Å²) >= 11 is 1.47. The number of aliphatic hydroxyl groups is 2. The summed E-state index contributed by atoms with van der Waals surface area (Å²) in [4.78, 5) is 16.8.